The largest absolute Gasteiger partial charge is 0.372 e. The molecule has 188 valence electrons. The maximum atomic E-state index is 12.0. The molecule has 0 spiro atoms. The van der Waals surface area contributed by atoms with Crippen LogP contribution in [0.3, 0.4) is 0 Å². The van der Waals surface area contributed by atoms with Gasteiger partial charge in [-0.05, 0) is 69.5 Å². The fourth-order valence-corrected chi connectivity index (χ4v) is 3.60. The molecule has 2 amide bonds. The first kappa shape index (κ1) is 27.6. The van der Waals surface area contributed by atoms with Gasteiger partial charge in [-0.2, -0.15) is 10.2 Å². The van der Waals surface area contributed by atoms with Crippen molar-refractivity contribution >= 4 is 35.6 Å². The van der Waals surface area contributed by atoms with Crippen LogP contribution in [0.4, 0.5) is 11.4 Å². The molecule has 8 nitrogen and oxygen atoms in total. The maximum absolute atomic E-state index is 12.0. The third kappa shape index (κ3) is 9.60. The van der Waals surface area contributed by atoms with Crippen LogP contribution < -0.4 is 20.7 Å². The lowest BCUT2D eigenvalue weighted by Gasteiger charge is -2.20. The van der Waals surface area contributed by atoms with Crippen molar-refractivity contribution in [1.29, 1.82) is 0 Å². The Hall–Kier alpha value is -3.68. The van der Waals surface area contributed by atoms with Crippen molar-refractivity contribution in [2.45, 2.75) is 47.0 Å². The third-order valence-corrected chi connectivity index (χ3v) is 5.66. The highest BCUT2D eigenvalue weighted by molar-refractivity contribution is 5.84. The first-order chi connectivity index (χ1) is 17.0. The molecule has 0 aliphatic rings. The van der Waals surface area contributed by atoms with E-state index in [-0.39, 0.29) is 24.7 Å². The average Bonchev–Trinajstić information content (AvgIpc) is 2.87. The molecule has 35 heavy (non-hydrogen) atoms. The number of carbonyl (C=O) groups is 2. The van der Waals surface area contributed by atoms with Gasteiger partial charge in [0, 0.05) is 50.4 Å². The Balaban J connectivity index is 1.66. The van der Waals surface area contributed by atoms with E-state index in [0.717, 1.165) is 48.7 Å². The van der Waals surface area contributed by atoms with E-state index in [0.29, 0.717) is 6.42 Å². The molecule has 2 N–H and O–H groups in total. The van der Waals surface area contributed by atoms with Crippen LogP contribution >= 0.6 is 0 Å². The van der Waals surface area contributed by atoms with Gasteiger partial charge >= 0.3 is 0 Å². The number of hydrazone groups is 2. The highest BCUT2D eigenvalue weighted by atomic mass is 16.2. The third-order valence-electron chi connectivity index (χ3n) is 5.66. The Morgan fingerprint density at radius 1 is 0.657 bits per heavy atom. The van der Waals surface area contributed by atoms with Gasteiger partial charge in [-0.15, -0.1) is 0 Å². The number of nitrogens with one attached hydrogen (secondary N) is 2. The van der Waals surface area contributed by atoms with Crippen LogP contribution in [0.2, 0.25) is 0 Å². The van der Waals surface area contributed by atoms with Crippen LogP contribution in [0, 0.1) is 0 Å². The van der Waals surface area contributed by atoms with Crippen molar-refractivity contribution in [3.63, 3.8) is 0 Å². The summed E-state index contributed by atoms with van der Waals surface area (Å²) < 4.78 is 0. The predicted molar refractivity (Wildman–Crippen MR) is 145 cm³/mol. The second-order valence-corrected chi connectivity index (χ2v) is 7.97. The molecule has 0 fully saturated rings. The Morgan fingerprint density at radius 2 is 1.00 bits per heavy atom. The van der Waals surface area contributed by atoms with Crippen LogP contribution in [0.15, 0.2) is 58.7 Å². The summed E-state index contributed by atoms with van der Waals surface area (Å²) in [6.45, 7) is 12.3. The molecule has 2 aromatic rings. The minimum atomic E-state index is -0.231. The van der Waals surface area contributed by atoms with Gasteiger partial charge in [0.25, 0.3) is 0 Å². The van der Waals surface area contributed by atoms with E-state index in [1.54, 1.807) is 12.4 Å². The zero-order valence-corrected chi connectivity index (χ0v) is 21.3. The Morgan fingerprint density at radius 3 is 1.31 bits per heavy atom. The lowest BCUT2D eigenvalue weighted by Crippen LogP contribution is -2.21. The quantitative estimate of drug-likeness (QED) is 0.315. The summed E-state index contributed by atoms with van der Waals surface area (Å²) in [6.07, 6.45) is 4.06. The predicted octanol–water partition coefficient (Wildman–Crippen LogP) is 4.15. The molecule has 0 radical (unpaired) electrons. The molecule has 0 aliphatic carbocycles. The zero-order valence-electron chi connectivity index (χ0n) is 21.3. The number of hydrogen-bond donors (Lipinski definition) is 2. The fraction of sp³-hybridized carbons (Fsp3) is 0.407. The van der Waals surface area contributed by atoms with E-state index in [1.165, 1.54) is 0 Å². The van der Waals surface area contributed by atoms with Crippen LogP contribution in [-0.4, -0.2) is 50.4 Å². The number of hydrogen-bond acceptors (Lipinski definition) is 6. The van der Waals surface area contributed by atoms with Gasteiger partial charge in [-0.1, -0.05) is 24.3 Å². The van der Waals surface area contributed by atoms with Crippen molar-refractivity contribution in [1.82, 2.24) is 10.9 Å². The van der Waals surface area contributed by atoms with Gasteiger partial charge in [-0.25, -0.2) is 10.9 Å². The van der Waals surface area contributed by atoms with Gasteiger partial charge in [0.2, 0.25) is 11.8 Å². The summed E-state index contributed by atoms with van der Waals surface area (Å²) >= 11 is 0. The van der Waals surface area contributed by atoms with E-state index >= 15 is 0 Å². The van der Waals surface area contributed by atoms with Crippen LogP contribution in [0.1, 0.15) is 58.1 Å². The first-order valence-electron chi connectivity index (χ1n) is 12.3. The van der Waals surface area contributed by atoms with Crippen molar-refractivity contribution < 1.29 is 9.59 Å². The summed E-state index contributed by atoms with van der Waals surface area (Å²) in [5.74, 6) is -0.462. The number of benzene rings is 2. The summed E-state index contributed by atoms with van der Waals surface area (Å²) in [5, 5.41) is 8.00. The summed E-state index contributed by atoms with van der Waals surface area (Å²) in [5.41, 5.74) is 9.14. The molecule has 2 rings (SSSR count). The number of amides is 2. The summed E-state index contributed by atoms with van der Waals surface area (Å²) in [7, 11) is 0. The highest BCUT2D eigenvalue weighted by Gasteiger charge is 2.05. The lowest BCUT2D eigenvalue weighted by atomic mass is 10.2. The van der Waals surface area contributed by atoms with E-state index in [1.807, 2.05) is 48.5 Å². The van der Waals surface area contributed by atoms with Crippen molar-refractivity contribution in [2.75, 3.05) is 36.0 Å². The molecular formula is C27H38N6O2. The molecule has 0 aliphatic heterocycles. The SMILES string of the molecule is CCN(CC)c1ccc(C=NNC(=O)CCCC(=O)NN=Cc2ccc(N(CC)CC)cc2)cc1. The second kappa shape index (κ2) is 15.3. The van der Waals surface area contributed by atoms with Crippen molar-refractivity contribution in [3.05, 3.63) is 59.7 Å². The molecule has 0 saturated carbocycles. The van der Waals surface area contributed by atoms with Gasteiger partial charge in [0.15, 0.2) is 0 Å². The van der Waals surface area contributed by atoms with Crippen LogP contribution in [-0.2, 0) is 9.59 Å². The standard InChI is InChI=1S/C27H38N6O2/c1-5-32(6-2)24-16-12-22(13-17-24)20-28-30-26(34)10-9-11-27(35)31-29-21-23-14-18-25(19-15-23)33(7-3)8-4/h12-21H,5-11H2,1-4H3,(H,30,34)(H,31,35). The van der Waals surface area contributed by atoms with Crippen molar-refractivity contribution in [3.8, 4) is 0 Å². The molecule has 8 heteroatoms. The second-order valence-electron chi connectivity index (χ2n) is 7.97. The van der Waals surface area contributed by atoms with Gasteiger partial charge in [0.1, 0.15) is 0 Å². The number of carbonyl (C=O) groups excluding carboxylic acids is 2. The van der Waals surface area contributed by atoms with E-state index in [9.17, 15) is 9.59 Å². The van der Waals surface area contributed by atoms with Gasteiger partial charge in [0.05, 0.1) is 12.4 Å². The van der Waals surface area contributed by atoms with Gasteiger partial charge < -0.3 is 9.80 Å². The highest BCUT2D eigenvalue weighted by Crippen LogP contribution is 2.15. The Kier molecular flexibility index (Phi) is 12.0. The molecule has 0 bridgehead atoms. The minimum absolute atomic E-state index is 0.211. The first-order valence-corrected chi connectivity index (χ1v) is 12.3. The molecule has 0 atom stereocenters. The minimum Gasteiger partial charge on any atom is -0.372 e. The number of anilines is 2. The van der Waals surface area contributed by atoms with E-state index in [2.05, 4.69) is 58.5 Å². The molecule has 0 unspecified atom stereocenters. The average molecular weight is 479 g/mol. The fourth-order valence-electron chi connectivity index (χ4n) is 3.60. The molecular weight excluding hydrogens is 440 g/mol. The van der Waals surface area contributed by atoms with Crippen molar-refractivity contribution in [2.24, 2.45) is 10.2 Å². The normalized spacial score (nSPS) is 11.1. The van der Waals surface area contributed by atoms with Gasteiger partial charge in [-0.3, -0.25) is 9.59 Å². The molecule has 0 heterocycles. The Labute approximate surface area is 209 Å². The summed E-state index contributed by atoms with van der Waals surface area (Å²) in [4.78, 5) is 28.4. The smallest absolute Gasteiger partial charge is 0.240 e. The molecule has 2 aromatic carbocycles. The van der Waals surface area contributed by atoms with E-state index < -0.39 is 0 Å². The summed E-state index contributed by atoms with van der Waals surface area (Å²) in [6, 6.07) is 16.0. The van der Waals surface area contributed by atoms with Crippen LogP contribution in [0.5, 0.6) is 0 Å². The number of nitrogens with zero attached hydrogens (tertiary/aromatic N) is 4. The topological polar surface area (TPSA) is 89.4 Å². The molecule has 0 saturated heterocycles. The monoisotopic (exact) mass is 478 g/mol. The maximum Gasteiger partial charge on any atom is 0.240 e. The van der Waals surface area contributed by atoms with E-state index in [4.69, 9.17) is 0 Å². The zero-order chi connectivity index (χ0) is 25.5. The Bertz CT molecular complexity index is 883. The molecule has 0 aromatic heterocycles. The van der Waals surface area contributed by atoms with Crippen LogP contribution in [0.25, 0.3) is 0 Å². The lowest BCUT2D eigenvalue weighted by molar-refractivity contribution is -0.122. The number of rotatable bonds is 14.